The van der Waals surface area contributed by atoms with Gasteiger partial charge in [0.05, 0.1) is 6.61 Å². The number of rotatable bonds is 11. The van der Waals surface area contributed by atoms with Crippen LogP contribution in [0.3, 0.4) is 0 Å². The van der Waals surface area contributed by atoms with Crippen LogP contribution in [0.1, 0.15) is 45.4 Å². The standard InChI is InChI=1S/C14H28N4O2/c1-2-3-4-5-6-7-11-20-13(19)12(15)9-8-10-18-14(16)17/h3-4,12H,2,5-11,15H2,1H3,(H4,16,17,18)/b4-3+/t12-/m1/s1. The number of hydrogen-bond donors (Lipinski definition) is 3. The third kappa shape index (κ3) is 11.5. The third-order valence-electron chi connectivity index (χ3n) is 2.68. The maximum atomic E-state index is 11.6. The molecule has 0 aromatic carbocycles. The number of esters is 1. The molecule has 0 amide bonds. The van der Waals surface area contributed by atoms with Gasteiger partial charge in [-0.1, -0.05) is 19.1 Å². The Balaban J connectivity index is 3.55. The number of aliphatic imine (C=N–C) groups is 1. The first-order chi connectivity index (χ1) is 9.57. The average Bonchev–Trinajstić information content (AvgIpc) is 2.41. The molecule has 0 spiro atoms. The predicted molar refractivity (Wildman–Crippen MR) is 82.1 cm³/mol. The van der Waals surface area contributed by atoms with Crippen LogP contribution >= 0.6 is 0 Å². The van der Waals surface area contributed by atoms with Gasteiger partial charge in [0.1, 0.15) is 6.04 Å². The summed E-state index contributed by atoms with van der Waals surface area (Å²) in [5, 5.41) is 0. The molecular weight excluding hydrogens is 256 g/mol. The summed E-state index contributed by atoms with van der Waals surface area (Å²) in [6.45, 7) is 3.01. The van der Waals surface area contributed by atoms with Crippen LogP contribution in [-0.4, -0.2) is 31.1 Å². The van der Waals surface area contributed by atoms with Crippen LogP contribution in [0.2, 0.25) is 0 Å². The largest absolute Gasteiger partial charge is 0.465 e. The van der Waals surface area contributed by atoms with Gasteiger partial charge < -0.3 is 21.9 Å². The Morgan fingerprint density at radius 1 is 1.25 bits per heavy atom. The molecule has 0 unspecified atom stereocenters. The van der Waals surface area contributed by atoms with E-state index in [0.717, 1.165) is 25.7 Å². The zero-order valence-electron chi connectivity index (χ0n) is 12.4. The fraction of sp³-hybridized carbons (Fsp3) is 0.714. The van der Waals surface area contributed by atoms with Gasteiger partial charge in [0.15, 0.2) is 5.96 Å². The van der Waals surface area contributed by atoms with Crippen LogP contribution in [0.25, 0.3) is 0 Å². The number of nitrogens with zero attached hydrogens (tertiary/aromatic N) is 1. The summed E-state index contributed by atoms with van der Waals surface area (Å²) in [7, 11) is 0. The molecule has 0 aliphatic rings. The second-order valence-corrected chi connectivity index (χ2v) is 4.60. The first kappa shape index (κ1) is 18.4. The zero-order chi connectivity index (χ0) is 15.2. The number of guanidine groups is 1. The normalized spacial score (nSPS) is 12.3. The number of hydrogen-bond acceptors (Lipinski definition) is 4. The smallest absolute Gasteiger partial charge is 0.322 e. The van der Waals surface area contributed by atoms with Gasteiger partial charge >= 0.3 is 5.97 Å². The van der Waals surface area contributed by atoms with Gasteiger partial charge in [-0.3, -0.25) is 9.79 Å². The molecule has 0 aromatic rings. The molecule has 0 heterocycles. The Bertz CT molecular complexity index is 312. The lowest BCUT2D eigenvalue weighted by Gasteiger charge is -2.10. The van der Waals surface area contributed by atoms with E-state index in [4.69, 9.17) is 21.9 Å². The number of ether oxygens (including phenoxy) is 1. The molecule has 0 aliphatic carbocycles. The molecule has 0 radical (unpaired) electrons. The zero-order valence-corrected chi connectivity index (χ0v) is 12.4. The minimum atomic E-state index is -0.593. The van der Waals surface area contributed by atoms with Crippen molar-refractivity contribution >= 4 is 11.9 Å². The van der Waals surface area contributed by atoms with E-state index in [2.05, 4.69) is 24.1 Å². The van der Waals surface area contributed by atoms with Crippen LogP contribution in [0.4, 0.5) is 0 Å². The second-order valence-electron chi connectivity index (χ2n) is 4.60. The first-order valence-electron chi connectivity index (χ1n) is 7.20. The van der Waals surface area contributed by atoms with Crippen molar-refractivity contribution in [2.24, 2.45) is 22.2 Å². The molecule has 1 atom stereocenters. The molecular formula is C14H28N4O2. The molecule has 20 heavy (non-hydrogen) atoms. The van der Waals surface area contributed by atoms with E-state index in [1.807, 2.05) is 0 Å². The van der Waals surface area contributed by atoms with Crippen LogP contribution in [0.5, 0.6) is 0 Å². The van der Waals surface area contributed by atoms with E-state index in [9.17, 15) is 4.79 Å². The van der Waals surface area contributed by atoms with E-state index in [-0.39, 0.29) is 11.9 Å². The van der Waals surface area contributed by atoms with E-state index in [1.165, 1.54) is 0 Å². The lowest BCUT2D eigenvalue weighted by molar-refractivity contribution is -0.145. The maximum Gasteiger partial charge on any atom is 0.322 e. The van der Waals surface area contributed by atoms with Crippen LogP contribution < -0.4 is 17.2 Å². The summed E-state index contributed by atoms with van der Waals surface area (Å²) in [5.74, 6) is -0.294. The van der Waals surface area contributed by atoms with Crippen molar-refractivity contribution < 1.29 is 9.53 Å². The number of allylic oxidation sites excluding steroid dienone is 2. The van der Waals surface area contributed by atoms with Crippen molar-refractivity contribution in [2.45, 2.75) is 51.5 Å². The molecule has 0 fully saturated rings. The fourth-order valence-corrected chi connectivity index (χ4v) is 1.57. The first-order valence-corrected chi connectivity index (χ1v) is 7.20. The SMILES string of the molecule is CC/C=C/CCCCOC(=O)[C@H](N)CCCN=C(N)N. The van der Waals surface area contributed by atoms with Gasteiger partial charge in [-0.05, 0) is 38.5 Å². The summed E-state index contributed by atoms with van der Waals surface area (Å²) in [4.78, 5) is 15.4. The molecule has 0 saturated carbocycles. The molecule has 0 aliphatic heterocycles. The van der Waals surface area contributed by atoms with E-state index in [0.29, 0.717) is 26.0 Å². The summed E-state index contributed by atoms with van der Waals surface area (Å²) in [6, 6.07) is -0.593. The Morgan fingerprint density at radius 3 is 2.65 bits per heavy atom. The van der Waals surface area contributed by atoms with Gasteiger partial charge in [0, 0.05) is 6.54 Å². The highest BCUT2D eigenvalue weighted by Gasteiger charge is 2.13. The number of unbranched alkanes of at least 4 members (excludes halogenated alkanes) is 2. The van der Waals surface area contributed by atoms with Gasteiger partial charge in [-0.25, -0.2) is 0 Å². The summed E-state index contributed by atoms with van der Waals surface area (Å²) >= 11 is 0. The van der Waals surface area contributed by atoms with Crippen LogP contribution in [-0.2, 0) is 9.53 Å². The Labute approximate surface area is 121 Å². The minimum absolute atomic E-state index is 0.0540. The lowest BCUT2D eigenvalue weighted by atomic mass is 10.2. The number of carbonyl (C=O) groups is 1. The van der Waals surface area contributed by atoms with E-state index in [1.54, 1.807) is 0 Å². The Kier molecular flexibility index (Phi) is 11.5. The lowest BCUT2D eigenvalue weighted by Crippen LogP contribution is -2.32. The highest BCUT2D eigenvalue weighted by Crippen LogP contribution is 2.01. The summed E-state index contributed by atoms with van der Waals surface area (Å²) < 4.78 is 5.12. The highest BCUT2D eigenvalue weighted by atomic mass is 16.5. The summed E-state index contributed by atoms with van der Waals surface area (Å²) in [6.07, 6.45) is 9.43. The van der Waals surface area contributed by atoms with E-state index >= 15 is 0 Å². The monoisotopic (exact) mass is 284 g/mol. The highest BCUT2D eigenvalue weighted by molar-refractivity contribution is 5.76. The van der Waals surface area contributed by atoms with Crippen molar-refractivity contribution in [1.82, 2.24) is 0 Å². The van der Waals surface area contributed by atoms with Crippen molar-refractivity contribution in [3.8, 4) is 0 Å². The number of carbonyl (C=O) groups excluding carboxylic acids is 1. The van der Waals surface area contributed by atoms with Crippen LogP contribution in [0.15, 0.2) is 17.1 Å². The van der Waals surface area contributed by atoms with Crippen LogP contribution in [0, 0.1) is 0 Å². The molecule has 0 saturated heterocycles. The molecule has 0 bridgehead atoms. The van der Waals surface area contributed by atoms with Crippen molar-refractivity contribution in [3.05, 3.63) is 12.2 Å². The Morgan fingerprint density at radius 2 is 2.00 bits per heavy atom. The van der Waals surface area contributed by atoms with Crippen molar-refractivity contribution in [1.29, 1.82) is 0 Å². The fourth-order valence-electron chi connectivity index (χ4n) is 1.57. The topological polar surface area (TPSA) is 117 Å². The van der Waals surface area contributed by atoms with E-state index < -0.39 is 6.04 Å². The maximum absolute atomic E-state index is 11.6. The molecule has 0 rings (SSSR count). The van der Waals surface area contributed by atoms with Crippen molar-refractivity contribution in [2.75, 3.05) is 13.2 Å². The summed E-state index contributed by atoms with van der Waals surface area (Å²) in [5.41, 5.74) is 16.1. The minimum Gasteiger partial charge on any atom is -0.465 e. The number of nitrogens with two attached hydrogens (primary N) is 3. The van der Waals surface area contributed by atoms with Gasteiger partial charge in [0.25, 0.3) is 0 Å². The van der Waals surface area contributed by atoms with Gasteiger partial charge in [-0.2, -0.15) is 0 Å². The van der Waals surface area contributed by atoms with Gasteiger partial charge in [0.2, 0.25) is 0 Å². The molecule has 6 N–H and O–H groups in total. The van der Waals surface area contributed by atoms with Crippen molar-refractivity contribution in [3.63, 3.8) is 0 Å². The van der Waals surface area contributed by atoms with Gasteiger partial charge in [-0.15, -0.1) is 0 Å². The third-order valence-corrected chi connectivity index (χ3v) is 2.68. The Hall–Kier alpha value is -1.56. The molecule has 6 nitrogen and oxygen atoms in total. The molecule has 0 aromatic heterocycles. The molecule has 116 valence electrons. The predicted octanol–water partition coefficient (Wildman–Crippen LogP) is 1.05. The average molecular weight is 284 g/mol. The molecule has 6 heteroatoms. The second kappa shape index (κ2) is 12.5. The quantitative estimate of drug-likeness (QED) is 0.172.